The van der Waals surface area contributed by atoms with Crippen LogP contribution in [-0.2, 0) is 18.4 Å². The largest absolute Gasteiger partial charge is 0.330 e. The molecule has 3 N–H and O–H groups in total. The number of halogens is 6. The van der Waals surface area contributed by atoms with E-state index in [0.717, 1.165) is 37.9 Å². The molecule has 61 heavy (non-hydrogen) atoms. The van der Waals surface area contributed by atoms with Gasteiger partial charge in [0.05, 0.1) is 0 Å². The first-order valence-electron chi connectivity index (χ1n) is 22.1. The Hall–Kier alpha value is -1.31. The van der Waals surface area contributed by atoms with Crippen LogP contribution in [-0.4, -0.2) is 41.2 Å². The molecule has 0 unspecified atom stereocenters. The summed E-state index contributed by atoms with van der Waals surface area (Å²) >= 11 is 27.4. The van der Waals surface area contributed by atoms with Gasteiger partial charge in [0.2, 0.25) is 0 Å². The number of nitrogens with two attached hydrogens (primary N) is 1. The molecule has 0 aliphatic carbocycles. The van der Waals surface area contributed by atoms with Gasteiger partial charge in [0.1, 0.15) is 0 Å². The maximum Gasteiger partial charge on any atom is 0.266 e. The summed E-state index contributed by atoms with van der Waals surface area (Å²) in [6, 6.07) is 33.8. The second-order valence-corrected chi connectivity index (χ2v) is 16.1. The first-order valence-corrected chi connectivity index (χ1v) is 25.5. The molecule has 0 aliphatic heterocycles. The fourth-order valence-electron chi connectivity index (χ4n) is 4.17. The number of aryl methyl sites for hydroxylation is 5. The molecule has 0 amide bonds. The molecule has 0 fully saturated rings. The molecule has 0 saturated heterocycles. The lowest BCUT2D eigenvalue weighted by Gasteiger charge is -2.16. The van der Waals surface area contributed by atoms with Crippen molar-refractivity contribution in [2.24, 2.45) is 5.73 Å². The van der Waals surface area contributed by atoms with Crippen molar-refractivity contribution in [2.75, 3.05) is 33.1 Å². The van der Waals surface area contributed by atoms with E-state index in [9.17, 15) is 0 Å². The highest BCUT2D eigenvalue weighted by atomic mass is 79.9. The first-order chi connectivity index (χ1) is 29.1. The highest BCUT2D eigenvalue weighted by Gasteiger charge is 2.11. The maximum absolute atomic E-state index is 5.03. The Bertz CT molecular complexity index is 1370. The van der Waals surface area contributed by atoms with E-state index in [0.29, 0.717) is 0 Å². The fourth-order valence-corrected chi connectivity index (χ4v) is 4.80. The van der Waals surface area contributed by atoms with E-state index in [4.69, 9.17) is 52.1 Å². The molecule has 4 aromatic carbocycles. The average molecular weight is 1020 g/mol. The zero-order chi connectivity index (χ0) is 49.1. The molecule has 0 spiro atoms. The van der Waals surface area contributed by atoms with Crippen LogP contribution in [0.15, 0.2) is 97.1 Å². The Balaban J connectivity index is -0.000000113. The third-order valence-electron chi connectivity index (χ3n) is 7.43. The number of hydrogen-bond acceptors (Lipinski definition) is 3. The van der Waals surface area contributed by atoms with Gasteiger partial charge in [-0.1, -0.05) is 236 Å². The van der Waals surface area contributed by atoms with Crippen molar-refractivity contribution in [1.82, 2.24) is 10.2 Å². The van der Waals surface area contributed by atoms with E-state index in [1.165, 1.54) is 70.3 Å². The number of benzene rings is 4. The van der Waals surface area contributed by atoms with Crippen molar-refractivity contribution in [2.45, 2.75) is 152 Å². The van der Waals surface area contributed by atoms with Gasteiger partial charge < -0.3 is 16.0 Å². The van der Waals surface area contributed by atoms with Gasteiger partial charge >= 0.3 is 0 Å². The van der Waals surface area contributed by atoms with E-state index in [1.807, 2.05) is 55.4 Å². The van der Waals surface area contributed by atoms with Gasteiger partial charge in [0.15, 0.2) is 0 Å². The summed E-state index contributed by atoms with van der Waals surface area (Å²) in [5.41, 5.74) is 16.1. The molecule has 0 bridgehead atoms. The molecule has 0 heterocycles. The van der Waals surface area contributed by atoms with Gasteiger partial charge in [0, 0.05) is 24.8 Å². The van der Waals surface area contributed by atoms with Crippen molar-refractivity contribution in [3.05, 3.63) is 142 Å². The predicted octanol–water partition coefficient (Wildman–Crippen LogP) is 18.4. The molecular formula is C52H91BrCl5N3. The average Bonchev–Trinajstić information content (AvgIpc) is 3.27. The summed E-state index contributed by atoms with van der Waals surface area (Å²) in [6.45, 7) is 38.3. The molecule has 0 atom stereocenters. The highest BCUT2D eigenvalue weighted by Crippen LogP contribution is 2.29. The van der Waals surface area contributed by atoms with Gasteiger partial charge in [0.25, 0.3) is 3.25 Å². The topological polar surface area (TPSA) is 41.3 Å². The molecule has 0 radical (unpaired) electrons. The zero-order valence-electron chi connectivity index (χ0n) is 41.9. The monoisotopic (exact) mass is 1010 g/mol. The minimum absolute atomic E-state index is 0.819. The first kappa shape index (κ1) is 74.1. The van der Waals surface area contributed by atoms with E-state index in [-0.39, 0.29) is 0 Å². The van der Waals surface area contributed by atoms with Crippen molar-refractivity contribution >= 4 is 73.9 Å². The van der Waals surface area contributed by atoms with Crippen LogP contribution >= 0.6 is 73.9 Å². The van der Waals surface area contributed by atoms with Crippen LogP contribution in [0.5, 0.6) is 0 Å². The number of hydrogen-bond donors (Lipinski definition) is 2. The summed E-state index contributed by atoms with van der Waals surface area (Å²) < 4.78 is -1.61. The summed E-state index contributed by atoms with van der Waals surface area (Å²) in [6.07, 6.45) is 4.99. The van der Waals surface area contributed by atoms with Crippen molar-refractivity contribution < 1.29 is 0 Å². The molecule has 9 heteroatoms. The summed E-state index contributed by atoms with van der Waals surface area (Å²) in [5, 5.41) is 4.35. The predicted molar refractivity (Wildman–Crippen MR) is 293 cm³/mol. The van der Waals surface area contributed by atoms with Crippen LogP contribution in [0.4, 0.5) is 0 Å². The highest BCUT2D eigenvalue weighted by molar-refractivity contribution is 9.08. The van der Waals surface area contributed by atoms with E-state index >= 15 is 0 Å². The van der Waals surface area contributed by atoms with Gasteiger partial charge in [-0.05, 0) is 125 Å². The van der Waals surface area contributed by atoms with Crippen LogP contribution < -0.4 is 11.1 Å². The lowest BCUT2D eigenvalue weighted by atomic mass is 10.1. The zero-order valence-corrected chi connectivity index (χ0v) is 47.3. The number of rotatable bonds is 10. The van der Waals surface area contributed by atoms with Gasteiger partial charge in [-0.3, -0.25) is 0 Å². The number of nitrogens with zero attached hydrogens (tertiary/aromatic N) is 1. The Morgan fingerprint density at radius 2 is 0.820 bits per heavy atom. The second kappa shape index (κ2) is 58.7. The molecule has 0 saturated carbocycles. The third-order valence-corrected chi connectivity index (χ3v) is 8.03. The summed E-state index contributed by atoms with van der Waals surface area (Å²) in [5.74, 6) is 0. The molecule has 4 aromatic rings. The van der Waals surface area contributed by atoms with E-state index < -0.39 is 3.25 Å². The molecule has 356 valence electrons. The lowest BCUT2D eigenvalue weighted by Crippen LogP contribution is -2.18. The van der Waals surface area contributed by atoms with Crippen molar-refractivity contribution in [3.63, 3.8) is 0 Å². The van der Waals surface area contributed by atoms with Crippen LogP contribution in [0.1, 0.15) is 140 Å². The van der Waals surface area contributed by atoms with Gasteiger partial charge in [-0.25, -0.2) is 0 Å². The number of nitrogens with one attached hydrogen (secondary N) is 1. The standard InChI is InChI=1S/C12H19N.C11H17N.C8H9Br.C8H10.C3H9N.4C2H6.CCl4.CH3Cl/c1-4-9-13(3)10-12-8-6-5-7-11(12)2;1-3-8-12-9-11-7-5-4-6-10(11)2;1-7-4-2-3-5-8(7)6-9;1-7-5-3-4-6-8(7)2;1-2-3-4;4*1-2;2-1(3,4)5;1-2/h5-8H,4,9-10H2,1-3H3;4-7,12H,3,8-9H2,1-2H3;2-5H,6H2,1H3;3-6H,1-2H3;2-4H2,1H3;4*1-2H3;;1H3. The Kier molecular flexibility index (Phi) is 71.3. The van der Waals surface area contributed by atoms with Crippen LogP contribution in [0.3, 0.4) is 0 Å². The van der Waals surface area contributed by atoms with Crippen molar-refractivity contribution in [1.29, 1.82) is 0 Å². The van der Waals surface area contributed by atoms with E-state index in [1.54, 1.807) is 0 Å². The van der Waals surface area contributed by atoms with Crippen LogP contribution in [0.2, 0.25) is 0 Å². The molecule has 0 aromatic heterocycles. The second-order valence-electron chi connectivity index (χ2n) is 12.1. The van der Waals surface area contributed by atoms with Crippen LogP contribution in [0.25, 0.3) is 0 Å². The van der Waals surface area contributed by atoms with E-state index in [2.05, 4.69) is 197 Å². The Labute approximate surface area is 413 Å². The minimum atomic E-state index is -1.61. The number of alkyl halides is 6. The molecular weight excluding hydrogens is 924 g/mol. The van der Waals surface area contributed by atoms with Crippen LogP contribution in [0, 0.1) is 34.6 Å². The Morgan fingerprint density at radius 3 is 1.07 bits per heavy atom. The summed E-state index contributed by atoms with van der Waals surface area (Å²) in [7, 11) is 2.18. The molecule has 0 aliphatic rings. The lowest BCUT2D eigenvalue weighted by molar-refractivity contribution is 0.327. The van der Waals surface area contributed by atoms with Crippen molar-refractivity contribution in [3.8, 4) is 0 Å². The normalized spacial score (nSPS) is 8.89. The SMILES string of the molecule is CC.CC.CC.CC.CCCN.CCCN(C)Cc1ccccc1C.CCCNCc1ccccc1C.CCl.Cc1ccccc1C.Cc1ccccc1CBr.ClC(Cl)(Cl)Cl. The smallest absolute Gasteiger partial charge is 0.266 e. The molecule has 4 rings (SSSR count). The minimum Gasteiger partial charge on any atom is -0.330 e. The Morgan fingerprint density at radius 1 is 0.525 bits per heavy atom. The summed E-state index contributed by atoms with van der Waals surface area (Å²) in [4.78, 5) is 2.36. The third kappa shape index (κ3) is 56.7. The van der Waals surface area contributed by atoms with Gasteiger partial charge in [-0.2, -0.15) is 0 Å². The van der Waals surface area contributed by atoms with Gasteiger partial charge in [-0.15, -0.1) is 11.6 Å². The maximum atomic E-state index is 5.03. The molecule has 3 nitrogen and oxygen atoms in total. The quantitative estimate of drug-likeness (QED) is 0.123. The fraction of sp³-hybridized carbons (Fsp3) is 0.538.